The maximum atomic E-state index is 13.9. The fraction of sp³-hybridized carbons (Fsp3) is 0.333. The van der Waals surface area contributed by atoms with E-state index in [9.17, 15) is 4.39 Å². The number of nitrogens with zero attached hydrogens (tertiary/aromatic N) is 3. The molecule has 0 saturated heterocycles. The van der Waals surface area contributed by atoms with Crippen molar-refractivity contribution in [2.45, 2.75) is 13.0 Å². The quantitative estimate of drug-likeness (QED) is 0.943. The average Bonchev–Trinajstić information content (AvgIpc) is 2.76. The SMILES string of the molecule is CCNC(c1cn(C)nn1)c1cc(Br)ccc1F. The van der Waals surface area contributed by atoms with E-state index in [4.69, 9.17) is 0 Å². The van der Waals surface area contributed by atoms with Crippen LogP contribution in [0.2, 0.25) is 0 Å². The van der Waals surface area contributed by atoms with E-state index in [1.165, 1.54) is 6.07 Å². The summed E-state index contributed by atoms with van der Waals surface area (Å²) in [7, 11) is 1.79. The van der Waals surface area contributed by atoms with E-state index in [1.807, 2.05) is 6.92 Å². The van der Waals surface area contributed by atoms with Crippen LogP contribution in [0.1, 0.15) is 24.2 Å². The molecule has 0 amide bonds. The van der Waals surface area contributed by atoms with Crippen molar-refractivity contribution in [1.82, 2.24) is 20.3 Å². The number of aromatic nitrogens is 3. The summed E-state index contributed by atoms with van der Waals surface area (Å²) in [5.41, 5.74) is 1.27. The lowest BCUT2D eigenvalue weighted by atomic mass is 10.0. The number of aryl methyl sites for hydroxylation is 1. The van der Waals surface area contributed by atoms with Crippen molar-refractivity contribution in [2.24, 2.45) is 7.05 Å². The normalized spacial score (nSPS) is 12.7. The van der Waals surface area contributed by atoms with Crippen LogP contribution < -0.4 is 5.32 Å². The summed E-state index contributed by atoms with van der Waals surface area (Å²) in [5, 5.41) is 11.2. The minimum atomic E-state index is -0.291. The molecule has 0 radical (unpaired) electrons. The van der Waals surface area contributed by atoms with E-state index in [2.05, 4.69) is 31.6 Å². The first-order valence-corrected chi connectivity index (χ1v) is 6.45. The maximum Gasteiger partial charge on any atom is 0.128 e. The largest absolute Gasteiger partial charge is 0.305 e. The van der Waals surface area contributed by atoms with Crippen molar-refractivity contribution in [3.05, 3.63) is 45.9 Å². The smallest absolute Gasteiger partial charge is 0.128 e. The molecule has 1 aromatic heterocycles. The molecule has 1 unspecified atom stereocenters. The Labute approximate surface area is 113 Å². The van der Waals surface area contributed by atoms with E-state index < -0.39 is 0 Å². The molecular formula is C12H14BrFN4. The lowest BCUT2D eigenvalue weighted by Crippen LogP contribution is -2.23. The summed E-state index contributed by atoms with van der Waals surface area (Å²) in [6.45, 7) is 2.69. The molecule has 4 nitrogen and oxygen atoms in total. The molecule has 18 heavy (non-hydrogen) atoms. The van der Waals surface area contributed by atoms with Gasteiger partial charge in [-0.3, -0.25) is 4.68 Å². The summed E-state index contributed by atoms with van der Waals surface area (Å²) < 4.78 is 16.4. The summed E-state index contributed by atoms with van der Waals surface area (Å²) in [4.78, 5) is 0. The third-order valence-electron chi connectivity index (χ3n) is 2.59. The first-order valence-electron chi connectivity index (χ1n) is 5.66. The van der Waals surface area contributed by atoms with Crippen LogP contribution in [-0.4, -0.2) is 21.5 Å². The fourth-order valence-corrected chi connectivity index (χ4v) is 2.19. The maximum absolute atomic E-state index is 13.9. The number of rotatable bonds is 4. The van der Waals surface area contributed by atoms with Crippen molar-refractivity contribution in [1.29, 1.82) is 0 Å². The molecule has 2 aromatic rings. The van der Waals surface area contributed by atoms with Crippen molar-refractivity contribution in [2.75, 3.05) is 6.54 Å². The van der Waals surface area contributed by atoms with Gasteiger partial charge >= 0.3 is 0 Å². The lowest BCUT2D eigenvalue weighted by molar-refractivity contribution is 0.551. The molecule has 0 fully saturated rings. The Kier molecular flexibility index (Phi) is 4.08. The molecule has 1 N–H and O–H groups in total. The van der Waals surface area contributed by atoms with Gasteiger partial charge in [0.25, 0.3) is 0 Å². The summed E-state index contributed by atoms with van der Waals surface area (Å²) >= 11 is 3.36. The second-order valence-corrected chi connectivity index (χ2v) is 4.89. The number of benzene rings is 1. The molecule has 0 aliphatic heterocycles. The zero-order chi connectivity index (χ0) is 13.1. The monoisotopic (exact) mass is 312 g/mol. The molecular weight excluding hydrogens is 299 g/mol. The number of hydrogen-bond donors (Lipinski definition) is 1. The second kappa shape index (κ2) is 5.58. The third kappa shape index (κ3) is 2.76. The average molecular weight is 313 g/mol. The predicted molar refractivity (Wildman–Crippen MR) is 70.6 cm³/mol. The van der Waals surface area contributed by atoms with Gasteiger partial charge in [-0.25, -0.2) is 4.39 Å². The summed E-state index contributed by atoms with van der Waals surface area (Å²) in [5.74, 6) is -0.255. The second-order valence-electron chi connectivity index (χ2n) is 3.97. The molecule has 96 valence electrons. The molecule has 6 heteroatoms. The van der Waals surface area contributed by atoms with Crippen LogP contribution >= 0.6 is 15.9 Å². The van der Waals surface area contributed by atoms with Gasteiger partial charge in [0, 0.05) is 17.1 Å². The predicted octanol–water partition coefficient (Wildman–Crippen LogP) is 2.42. The van der Waals surface area contributed by atoms with Crippen molar-refractivity contribution >= 4 is 15.9 Å². The van der Waals surface area contributed by atoms with Crippen LogP contribution in [0.25, 0.3) is 0 Å². The van der Waals surface area contributed by atoms with E-state index in [0.717, 1.165) is 4.47 Å². The van der Waals surface area contributed by atoms with Crippen LogP contribution in [-0.2, 0) is 7.05 Å². The van der Waals surface area contributed by atoms with Gasteiger partial charge < -0.3 is 5.32 Å². The Balaban J connectivity index is 2.44. The van der Waals surface area contributed by atoms with E-state index in [0.29, 0.717) is 17.8 Å². The van der Waals surface area contributed by atoms with Crippen molar-refractivity contribution in [3.63, 3.8) is 0 Å². The zero-order valence-electron chi connectivity index (χ0n) is 10.2. The van der Waals surface area contributed by atoms with Crippen molar-refractivity contribution < 1.29 is 4.39 Å². The van der Waals surface area contributed by atoms with Gasteiger partial charge in [-0.1, -0.05) is 28.1 Å². The Morgan fingerprint density at radius 3 is 2.89 bits per heavy atom. The minimum Gasteiger partial charge on any atom is -0.305 e. The van der Waals surface area contributed by atoms with Gasteiger partial charge in [0.2, 0.25) is 0 Å². The highest BCUT2D eigenvalue weighted by atomic mass is 79.9. The highest BCUT2D eigenvalue weighted by molar-refractivity contribution is 9.10. The Morgan fingerprint density at radius 1 is 1.50 bits per heavy atom. The molecule has 0 saturated carbocycles. The molecule has 1 heterocycles. The molecule has 1 atom stereocenters. The van der Waals surface area contributed by atoms with Crippen molar-refractivity contribution in [3.8, 4) is 0 Å². The number of halogens is 2. The molecule has 1 aromatic carbocycles. The van der Waals surface area contributed by atoms with Gasteiger partial charge in [-0.05, 0) is 24.7 Å². The van der Waals surface area contributed by atoms with Gasteiger partial charge in [0.05, 0.1) is 12.2 Å². The summed E-state index contributed by atoms with van der Waals surface area (Å²) in [6.07, 6.45) is 1.79. The van der Waals surface area contributed by atoms with E-state index in [-0.39, 0.29) is 11.9 Å². The van der Waals surface area contributed by atoms with Crippen LogP contribution in [0, 0.1) is 5.82 Å². The van der Waals surface area contributed by atoms with Crippen LogP contribution in [0.4, 0.5) is 4.39 Å². The Morgan fingerprint density at radius 2 is 2.28 bits per heavy atom. The number of nitrogens with one attached hydrogen (secondary N) is 1. The van der Waals surface area contributed by atoms with Gasteiger partial charge in [0.1, 0.15) is 11.5 Å². The topological polar surface area (TPSA) is 42.7 Å². The van der Waals surface area contributed by atoms with Gasteiger partial charge in [-0.15, -0.1) is 5.10 Å². The standard InChI is InChI=1S/C12H14BrFN4/c1-3-15-12(11-7-18(2)17-16-11)9-6-8(13)4-5-10(9)14/h4-7,12,15H,3H2,1-2H3. The highest BCUT2D eigenvalue weighted by Gasteiger charge is 2.20. The highest BCUT2D eigenvalue weighted by Crippen LogP contribution is 2.25. The van der Waals surface area contributed by atoms with E-state index >= 15 is 0 Å². The summed E-state index contributed by atoms with van der Waals surface area (Å²) in [6, 6.07) is 4.59. The lowest BCUT2D eigenvalue weighted by Gasteiger charge is -2.16. The first-order chi connectivity index (χ1) is 8.61. The van der Waals surface area contributed by atoms with E-state index in [1.54, 1.807) is 30.1 Å². The molecule has 2 rings (SSSR count). The first kappa shape index (κ1) is 13.2. The van der Waals surface area contributed by atoms with Gasteiger partial charge in [0.15, 0.2) is 0 Å². The Hall–Kier alpha value is -1.27. The molecule has 0 aliphatic carbocycles. The van der Waals surface area contributed by atoms with Crippen LogP contribution in [0.15, 0.2) is 28.9 Å². The van der Waals surface area contributed by atoms with Gasteiger partial charge in [-0.2, -0.15) is 0 Å². The number of hydrogen-bond acceptors (Lipinski definition) is 3. The zero-order valence-corrected chi connectivity index (χ0v) is 11.8. The third-order valence-corrected chi connectivity index (χ3v) is 3.09. The molecule has 0 bridgehead atoms. The van der Waals surface area contributed by atoms with Crippen LogP contribution in [0.3, 0.4) is 0 Å². The molecule has 0 aliphatic rings. The fourth-order valence-electron chi connectivity index (χ4n) is 1.81. The Bertz CT molecular complexity index is 541. The molecule has 0 spiro atoms. The minimum absolute atomic E-state index is 0.255. The van der Waals surface area contributed by atoms with Crippen LogP contribution in [0.5, 0.6) is 0 Å².